The number of nitrogens with zero attached hydrogens (tertiary/aromatic N) is 3. The first-order valence-electron chi connectivity index (χ1n) is 6.52. The van der Waals surface area contributed by atoms with E-state index in [0.29, 0.717) is 5.02 Å². The van der Waals surface area contributed by atoms with Gasteiger partial charge in [-0.15, -0.1) is 0 Å². The smallest absolute Gasteiger partial charge is 0.0837 e. The zero-order valence-electron chi connectivity index (χ0n) is 11.1. The lowest BCUT2D eigenvalue weighted by Gasteiger charge is -2.15. The normalized spacial score (nSPS) is 12.8. The Labute approximate surface area is 122 Å². The maximum absolute atomic E-state index is 6.36. The first kappa shape index (κ1) is 13.1. The summed E-state index contributed by atoms with van der Waals surface area (Å²) in [5.41, 5.74) is 9.17. The molecule has 0 saturated carbocycles. The van der Waals surface area contributed by atoms with Crippen LogP contribution in [0, 0.1) is 0 Å². The van der Waals surface area contributed by atoms with Gasteiger partial charge in [-0.3, -0.25) is 9.67 Å². The topological polar surface area (TPSA) is 56.7 Å². The number of fused-ring (bicyclic) bond motifs is 1. The van der Waals surface area contributed by atoms with E-state index < -0.39 is 0 Å². The summed E-state index contributed by atoms with van der Waals surface area (Å²) in [5.74, 6) is 0. The van der Waals surface area contributed by atoms with Gasteiger partial charge in [0, 0.05) is 18.1 Å². The van der Waals surface area contributed by atoms with Crippen molar-refractivity contribution < 1.29 is 0 Å². The molecule has 0 saturated heterocycles. The Bertz CT molecular complexity index is 750. The summed E-state index contributed by atoms with van der Waals surface area (Å²) < 4.78 is 1.83. The maximum Gasteiger partial charge on any atom is 0.0837 e. The molecule has 0 radical (unpaired) electrons. The van der Waals surface area contributed by atoms with Crippen molar-refractivity contribution in [2.24, 2.45) is 5.73 Å². The van der Waals surface area contributed by atoms with Crippen LogP contribution < -0.4 is 5.73 Å². The number of pyridine rings is 1. The number of hydrogen-bond acceptors (Lipinski definition) is 3. The average Bonchev–Trinajstić information content (AvgIpc) is 2.87. The molecule has 0 aliphatic rings. The zero-order chi connectivity index (χ0) is 14.1. The molecule has 0 fully saturated rings. The second-order valence-corrected chi connectivity index (χ2v) is 5.03. The molecule has 102 valence electrons. The third kappa shape index (κ3) is 2.17. The molecule has 2 N–H and O–H groups in total. The summed E-state index contributed by atoms with van der Waals surface area (Å²) >= 11 is 6.21. The molecule has 0 aliphatic carbocycles. The van der Waals surface area contributed by atoms with E-state index in [1.165, 1.54) is 0 Å². The van der Waals surface area contributed by atoms with Gasteiger partial charge in [0.2, 0.25) is 0 Å². The molecule has 0 amide bonds. The average molecular weight is 287 g/mol. The molecule has 0 spiro atoms. The van der Waals surface area contributed by atoms with Crippen LogP contribution >= 0.6 is 11.6 Å². The van der Waals surface area contributed by atoms with Crippen LogP contribution in [-0.4, -0.2) is 14.8 Å². The molecule has 2 heterocycles. The molecule has 4 nitrogen and oxygen atoms in total. The Kier molecular flexibility index (Phi) is 3.42. The minimum atomic E-state index is -0.297. The Morgan fingerprint density at radius 3 is 3.00 bits per heavy atom. The summed E-state index contributed by atoms with van der Waals surface area (Å²) in [7, 11) is 0. The van der Waals surface area contributed by atoms with Crippen LogP contribution in [0.1, 0.15) is 24.2 Å². The Balaban J connectivity index is 2.07. The fourth-order valence-corrected chi connectivity index (χ4v) is 2.64. The van der Waals surface area contributed by atoms with Gasteiger partial charge in [-0.05, 0) is 30.7 Å². The monoisotopic (exact) mass is 286 g/mol. The fraction of sp³-hybridized carbons (Fsp3) is 0.200. The van der Waals surface area contributed by atoms with Gasteiger partial charge in [-0.2, -0.15) is 5.10 Å². The van der Waals surface area contributed by atoms with Gasteiger partial charge in [0.25, 0.3) is 0 Å². The van der Waals surface area contributed by atoms with Crippen LogP contribution in [0.25, 0.3) is 10.9 Å². The summed E-state index contributed by atoms with van der Waals surface area (Å²) in [6.07, 6.45) is 3.42. The van der Waals surface area contributed by atoms with Crippen molar-refractivity contribution in [1.29, 1.82) is 0 Å². The molecule has 0 aliphatic heterocycles. The van der Waals surface area contributed by atoms with Gasteiger partial charge < -0.3 is 5.73 Å². The van der Waals surface area contributed by atoms with E-state index in [4.69, 9.17) is 17.3 Å². The first-order valence-corrected chi connectivity index (χ1v) is 6.90. The molecule has 0 bridgehead atoms. The molecule has 3 aromatic rings. The molecule has 1 atom stereocenters. The Morgan fingerprint density at radius 1 is 1.35 bits per heavy atom. The van der Waals surface area contributed by atoms with Crippen LogP contribution in [0.4, 0.5) is 0 Å². The van der Waals surface area contributed by atoms with Gasteiger partial charge in [-0.1, -0.05) is 23.7 Å². The van der Waals surface area contributed by atoms with Crippen LogP contribution in [0.2, 0.25) is 5.02 Å². The summed E-state index contributed by atoms with van der Waals surface area (Å²) in [6.45, 7) is 2.76. The van der Waals surface area contributed by atoms with Gasteiger partial charge in [0.15, 0.2) is 0 Å². The van der Waals surface area contributed by atoms with E-state index in [1.54, 1.807) is 12.4 Å². The highest BCUT2D eigenvalue weighted by Gasteiger charge is 2.18. The second kappa shape index (κ2) is 5.23. The molecule has 5 heteroatoms. The number of aromatic nitrogens is 3. The lowest BCUT2D eigenvalue weighted by atomic mass is 10.0. The van der Waals surface area contributed by atoms with Crippen molar-refractivity contribution in [2.75, 3.05) is 0 Å². The maximum atomic E-state index is 6.36. The Hall–Kier alpha value is -1.91. The van der Waals surface area contributed by atoms with E-state index >= 15 is 0 Å². The van der Waals surface area contributed by atoms with Crippen LogP contribution in [0.3, 0.4) is 0 Å². The lowest BCUT2D eigenvalue weighted by Crippen LogP contribution is -2.17. The minimum absolute atomic E-state index is 0.297. The number of hydrogen-bond donors (Lipinski definition) is 1. The molecular formula is C15H15ClN4. The molecule has 3 rings (SSSR count). The van der Waals surface area contributed by atoms with Crippen molar-refractivity contribution in [3.8, 4) is 0 Å². The SMILES string of the molecule is CCn1ncc(Cl)c1C(N)c1ccc2ncccc2c1. The summed E-state index contributed by atoms with van der Waals surface area (Å²) in [6, 6.07) is 9.66. The first-order chi connectivity index (χ1) is 9.70. The van der Waals surface area contributed by atoms with Gasteiger partial charge in [0.05, 0.1) is 28.5 Å². The zero-order valence-corrected chi connectivity index (χ0v) is 11.9. The van der Waals surface area contributed by atoms with Crippen molar-refractivity contribution in [2.45, 2.75) is 19.5 Å². The third-order valence-electron chi connectivity index (χ3n) is 3.41. The number of halogens is 1. The van der Waals surface area contributed by atoms with Crippen LogP contribution in [0.15, 0.2) is 42.7 Å². The predicted molar refractivity (Wildman–Crippen MR) is 80.7 cm³/mol. The van der Waals surface area contributed by atoms with Crippen molar-refractivity contribution in [1.82, 2.24) is 14.8 Å². The van der Waals surface area contributed by atoms with E-state index in [9.17, 15) is 0 Å². The number of aryl methyl sites for hydroxylation is 1. The minimum Gasteiger partial charge on any atom is -0.319 e. The largest absolute Gasteiger partial charge is 0.319 e. The quantitative estimate of drug-likeness (QED) is 0.805. The van der Waals surface area contributed by atoms with Gasteiger partial charge >= 0.3 is 0 Å². The van der Waals surface area contributed by atoms with Gasteiger partial charge in [0.1, 0.15) is 0 Å². The standard InChI is InChI=1S/C15H15ClN4/c1-2-20-15(12(16)9-19-20)14(17)11-5-6-13-10(8-11)4-3-7-18-13/h3-9,14H,2,17H2,1H3. The van der Waals surface area contributed by atoms with Crippen molar-refractivity contribution in [3.63, 3.8) is 0 Å². The Morgan fingerprint density at radius 2 is 2.20 bits per heavy atom. The highest BCUT2D eigenvalue weighted by Crippen LogP contribution is 2.28. The fourth-order valence-electron chi connectivity index (χ4n) is 2.38. The van der Waals surface area contributed by atoms with Crippen molar-refractivity contribution in [3.05, 3.63) is 59.0 Å². The molecular weight excluding hydrogens is 272 g/mol. The molecule has 2 aromatic heterocycles. The molecule has 1 unspecified atom stereocenters. The number of nitrogens with two attached hydrogens (primary N) is 1. The van der Waals surface area contributed by atoms with Crippen LogP contribution in [0.5, 0.6) is 0 Å². The van der Waals surface area contributed by atoms with E-state index in [0.717, 1.165) is 28.7 Å². The van der Waals surface area contributed by atoms with Crippen molar-refractivity contribution >= 4 is 22.5 Å². The lowest BCUT2D eigenvalue weighted by molar-refractivity contribution is 0.601. The number of rotatable bonds is 3. The molecule has 1 aromatic carbocycles. The second-order valence-electron chi connectivity index (χ2n) is 4.63. The van der Waals surface area contributed by atoms with E-state index in [2.05, 4.69) is 16.1 Å². The van der Waals surface area contributed by atoms with E-state index in [1.807, 2.05) is 35.9 Å². The highest BCUT2D eigenvalue weighted by atomic mass is 35.5. The molecule has 20 heavy (non-hydrogen) atoms. The highest BCUT2D eigenvalue weighted by molar-refractivity contribution is 6.31. The van der Waals surface area contributed by atoms with E-state index in [-0.39, 0.29) is 6.04 Å². The summed E-state index contributed by atoms with van der Waals surface area (Å²) in [5, 5.41) is 5.91. The van der Waals surface area contributed by atoms with Gasteiger partial charge in [-0.25, -0.2) is 0 Å². The van der Waals surface area contributed by atoms with Crippen LogP contribution in [-0.2, 0) is 6.54 Å². The third-order valence-corrected chi connectivity index (χ3v) is 3.70. The predicted octanol–water partition coefficient (Wildman–Crippen LogP) is 3.15. The summed E-state index contributed by atoms with van der Waals surface area (Å²) in [4.78, 5) is 4.31. The number of benzene rings is 1.